The lowest BCUT2D eigenvalue weighted by atomic mass is 9.91. The number of likely N-dealkylation sites (tertiary alicyclic amines) is 1. The van der Waals surface area contributed by atoms with Crippen LogP contribution in [0, 0.1) is 0 Å². The van der Waals surface area contributed by atoms with Crippen molar-refractivity contribution in [2.45, 2.75) is 58.0 Å². The summed E-state index contributed by atoms with van der Waals surface area (Å²) in [7, 11) is 0. The first-order valence-electron chi connectivity index (χ1n) is 11.1. The fourth-order valence-electron chi connectivity index (χ4n) is 4.32. The third-order valence-electron chi connectivity index (χ3n) is 6.07. The molecule has 0 bridgehead atoms. The molecule has 0 saturated carbocycles. The summed E-state index contributed by atoms with van der Waals surface area (Å²) in [4.78, 5) is 27.1. The molecule has 2 aromatic carbocycles. The number of fused-ring (bicyclic) bond motifs is 1. The van der Waals surface area contributed by atoms with Crippen LogP contribution in [0.4, 0.5) is 5.69 Å². The summed E-state index contributed by atoms with van der Waals surface area (Å²) in [5.74, 6) is 0.689. The van der Waals surface area contributed by atoms with Crippen LogP contribution >= 0.6 is 0 Å². The number of piperidine rings is 1. The van der Waals surface area contributed by atoms with Gasteiger partial charge in [-0.25, -0.2) is 0 Å². The molecule has 2 aliphatic rings. The highest BCUT2D eigenvalue weighted by atomic mass is 16.5. The zero-order valence-corrected chi connectivity index (χ0v) is 17.7. The molecule has 1 aliphatic carbocycles. The third kappa shape index (κ3) is 4.66. The Morgan fingerprint density at radius 1 is 0.933 bits per heavy atom. The summed E-state index contributed by atoms with van der Waals surface area (Å²) in [6.07, 6.45) is 7.19. The van der Waals surface area contributed by atoms with Crippen LogP contribution in [0.15, 0.2) is 42.5 Å². The van der Waals surface area contributed by atoms with Gasteiger partial charge in [0, 0.05) is 24.3 Å². The highest BCUT2D eigenvalue weighted by molar-refractivity contribution is 5.97. The summed E-state index contributed by atoms with van der Waals surface area (Å²) in [5, 5.41) is 2.90. The van der Waals surface area contributed by atoms with Crippen molar-refractivity contribution in [2.24, 2.45) is 0 Å². The average molecular weight is 407 g/mol. The fourth-order valence-corrected chi connectivity index (χ4v) is 4.32. The Balaban J connectivity index is 1.36. The SMILES string of the molecule is C[C@@H](Oc1cccc2c1CCCC2)C(=O)Nc1ccc(C(=O)N2CCCCC2)cc1. The minimum atomic E-state index is -0.604. The largest absolute Gasteiger partial charge is 0.481 e. The predicted octanol–water partition coefficient (Wildman–Crippen LogP) is 4.60. The minimum absolute atomic E-state index is 0.0677. The van der Waals surface area contributed by atoms with Crippen molar-refractivity contribution in [2.75, 3.05) is 18.4 Å². The molecule has 0 spiro atoms. The number of carbonyl (C=O) groups is 2. The van der Waals surface area contributed by atoms with Crippen molar-refractivity contribution >= 4 is 17.5 Å². The molecule has 2 aromatic rings. The molecule has 2 amide bonds. The van der Waals surface area contributed by atoms with E-state index in [1.807, 2.05) is 17.0 Å². The Morgan fingerprint density at radius 3 is 2.43 bits per heavy atom. The number of amides is 2. The fraction of sp³-hybridized carbons (Fsp3) is 0.440. The van der Waals surface area contributed by atoms with Crippen LogP contribution < -0.4 is 10.1 Å². The van der Waals surface area contributed by atoms with Crippen molar-refractivity contribution in [3.63, 3.8) is 0 Å². The highest BCUT2D eigenvalue weighted by Gasteiger charge is 2.21. The van der Waals surface area contributed by atoms with Crippen molar-refractivity contribution < 1.29 is 14.3 Å². The Hall–Kier alpha value is -2.82. The second kappa shape index (κ2) is 9.33. The van der Waals surface area contributed by atoms with E-state index in [0.29, 0.717) is 11.3 Å². The van der Waals surface area contributed by atoms with Gasteiger partial charge in [0.15, 0.2) is 6.10 Å². The maximum Gasteiger partial charge on any atom is 0.265 e. The zero-order chi connectivity index (χ0) is 20.9. The molecule has 1 fully saturated rings. The Morgan fingerprint density at radius 2 is 1.67 bits per heavy atom. The van der Waals surface area contributed by atoms with Crippen molar-refractivity contribution in [1.82, 2.24) is 4.90 Å². The summed E-state index contributed by atoms with van der Waals surface area (Å²) in [6.45, 7) is 3.43. The van der Waals surface area contributed by atoms with Crippen LogP contribution in [0.2, 0.25) is 0 Å². The van der Waals surface area contributed by atoms with Gasteiger partial charge in [-0.1, -0.05) is 12.1 Å². The maximum absolute atomic E-state index is 12.6. The van der Waals surface area contributed by atoms with Crippen LogP contribution in [0.25, 0.3) is 0 Å². The van der Waals surface area contributed by atoms with E-state index in [4.69, 9.17) is 4.74 Å². The predicted molar refractivity (Wildman–Crippen MR) is 118 cm³/mol. The molecule has 4 rings (SSSR count). The van der Waals surface area contributed by atoms with E-state index in [1.165, 1.54) is 24.0 Å². The summed E-state index contributed by atoms with van der Waals surface area (Å²) in [6, 6.07) is 13.2. The zero-order valence-electron chi connectivity index (χ0n) is 17.7. The number of hydrogen-bond acceptors (Lipinski definition) is 3. The summed E-state index contributed by atoms with van der Waals surface area (Å²) >= 11 is 0. The molecule has 1 heterocycles. The van der Waals surface area contributed by atoms with Gasteiger partial charge < -0.3 is 15.0 Å². The van der Waals surface area contributed by atoms with E-state index in [9.17, 15) is 9.59 Å². The van der Waals surface area contributed by atoms with E-state index >= 15 is 0 Å². The lowest BCUT2D eigenvalue weighted by Gasteiger charge is -2.26. The number of hydrogen-bond donors (Lipinski definition) is 1. The molecule has 30 heavy (non-hydrogen) atoms. The first-order chi connectivity index (χ1) is 14.6. The number of rotatable bonds is 5. The second-order valence-corrected chi connectivity index (χ2v) is 8.28. The monoisotopic (exact) mass is 406 g/mol. The molecule has 0 unspecified atom stereocenters. The van der Waals surface area contributed by atoms with Gasteiger partial charge in [-0.3, -0.25) is 9.59 Å². The Labute approximate surface area is 178 Å². The quantitative estimate of drug-likeness (QED) is 0.790. The standard InChI is InChI=1S/C25H30N2O3/c1-18(30-23-11-7-9-19-8-3-4-10-22(19)23)24(28)26-21-14-12-20(13-15-21)25(29)27-16-5-2-6-17-27/h7,9,11-15,18H,2-6,8,10,16-17H2,1H3,(H,26,28)/t18-/m1/s1. The average Bonchev–Trinajstić information content (AvgIpc) is 2.80. The molecule has 1 atom stereocenters. The van der Waals surface area contributed by atoms with Crippen LogP contribution in [-0.2, 0) is 17.6 Å². The van der Waals surface area contributed by atoms with Gasteiger partial charge in [-0.05, 0) is 93.3 Å². The first kappa shape index (κ1) is 20.5. The van der Waals surface area contributed by atoms with Crippen LogP contribution in [0.5, 0.6) is 5.75 Å². The van der Waals surface area contributed by atoms with Crippen LogP contribution in [0.1, 0.15) is 60.5 Å². The van der Waals surface area contributed by atoms with Crippen LogP contribution in [-0.4, -0.2) is 35.9 Å². The number of aryl methyl sites for hydroxylation is 1. The molecule has 158 valence electrons. The summed E-state index contributed by atoms with van der Waals surface area (Å²) in [5.41, 5.74) is 3.90. The van der Waals surface area contributed by atoms with Gasteiger partial charge in [0.05, 0.1) is 0 Å². The van der Waals surface area contributed by atoms with E-state index in [1.54, 1.807) is 31.2 Å². The molecule has 1 saturated heterocycles. The normalized spacial score (nSPS) is 17.0. The number of ether oxygens (including phenoxy) is 1. The van der Waals surface area contributed by atoms with E-state index in [2.05, 4.69) is 11.4 Å². The molecule has 1 N–H and O–H groups in total. The van der Waals surface area contributed by atoms with E-state index < -0.39 is 6.10 Å². The minimum Gasteiger partial charge on any atom is -0.481 e. The van der Waals surface area contributed by atoms with Crippen LogP contribution in [0.3, 0.4) is 0 Å². The number of benzene rings is 2. The van der Waals surface area contributed by atoms with E-state index in [0.717, 1.165) is 50.9 Å². The second-order valence-electron chi connectivity index (χ2n) is 8.28. The number of nitrogens with one attached hydrogen (secondary N) is 1. The lowest BCUT2D eigenvalue weighted by Crippen LogP contribution is -2.35. The first-order valence-corrected chi connectivity index (χ1v) is 11.1. The van der Waals surface area contributed by atoms with Gasteiger partial charge >= 0.3 is 0 Å². The van der Waals surface area contributed by atoms with Gasteiger partial charge in [-0.2, -0.15) is 0 Å². The Bertz CT molecular complexity index is 901. The molecule has 1 aliphatic heterocycles. The van der Waals surface area contributed by atoms with Crippen molar-refractivity contribution in [1.29, 1.82) is 0 Å². The van der Waals surface area contributed by atoms with E-state index in [-0.39, 0.29) is 11.8 Å². The molecular formula is C25H30N2O3. The number of carbonyl (C=O) groups excluding carboxylic acids is 2. The van der Waals surface area contributed by atoms with Gasteiger partial charge in [0.25, 0.3) is 11.8 Å². The highest BCUT2D eigenvalue weighted by Crippen LogP contribution is 2.30. The molecule has 0 radical (unpaired) electrons. The van der Waals surface area contributed by atoms with Crippen molar-refractivity contribution in [3.05, 3.63) is 59.2 Å². The number of anilines is 1. The molecule has 0 aromatic heterocycles. The molecular weight excluding hydrogens is 376 g/mol. The molecule has 5 heteroatoms. The smallest absolute Gasteiger partial charge is 0.265 e. The number of nitrogens with zero attached hydrogens (tertiary/aromatic N) is 1. The summed E-state index contributed by atoms with van der Waals surface area (Å²) < 4.78 is 6.02. The maximum atomic E-state index is 12.6. The lowest BCUT2D eigenvalue weighted by molar-refractivity contribution is -0.122. The van der Waals surface area contributed by atoms with Gasteiger partial charge in [0.2, 0.25) is 0 Å². The third-order valence-corrected chi connectivity index (χ3v) is 6.07. The Kier molecular flexibility index (Phi) is 6.36. The topological polar surface area (TPSA) is 58.6 Å². The van der Waals surface area contributed by atoms with Gasteiger partial charge in [0.1, 0.15) is 5.75 Å². The van der Waals surface area contributed by atoms with Gasteiger partial charge in [-0.15, -0.1) is 0 Å². The molecule has 5 nitrogen and oxygen atoms in total. The van der Waals surface area contributed by atoms with Crippen molar-refractivity contribution in [3.8, 4) is 5.75 Å².